The third kappa shape index (κ3) is 5.39. The fourth-order valence-corrected chi connectivity index (χ4v) is 2.99. The fourth-order valence-electron chi connectivity index (χ4n) is 2.99. The number of ether oxygens (including phenoxy) is 1. The van der Waals surface area contributed by atoms with Crippen molar-refractivity contribution < 1.29 is 4.74 Å². The molecule has 1 saturated carbocycles. The number of likely N-dealkylation sites (N-methyl/N-ethyl adjacent to an activating group) is 1. The van der Waals surface area contributed by atoms with E-state index in [4.69, 9.17) is 4.74 Å². The molecule has 0 aliphatic heterocycles. The summed E-state index contributed by atoms with van der Waals surface area (Å²) < 4.78 is 5.82. The summed E-state index contributed by atoms with van der Waals surface area (Å²) in [5, 5.41) is 3.63. The van der Waals surface area contributed by atoms with Crippen LogP contribution in [0.2, 0.25) is 0 Å². The summed E-state index contributed by atoms with van der Waals surface area (Å²) in [6.45, 7) is 10.7. The minimum atomic E-state index is 0.349. The van der Waals surface area contributed by atoms with Crippen LogP contribution in [-0.2, 0) is 4.74 Å². The van der Waals surface area contributed by atoms with Gasteiger partial charge in [-0.2, -0.15) is 0 Å². The zero-order chi connectivity index (χ0) is 12.7. The molecule has 17 heavy (non-hydrogen) atoms. The number of hydrogen-bond acceptors (Lipinski definition) is 2. The summed E-state index contributed by atoms with van der Waals surface area (Å²) in [5.41, 5.74) is 0. The predicted molar refractivity (Wildman–Crippen MR) is 74.3 cm³/mol. The third-order valence-corrected chi connectivity index (χ3v) is 4.05. The van der Waals surface area contributed by atoms with E-state index < -0.39 is 0 Å². The summed E-state index contributed by atoms with van der Waals surface area (Å²) in [6.07, 6.45) is 7.33. The van der Waals surface area contributed by atoms with Gasteiger partial charge in [-0.25, -0.2) is 0 Å². The smallest absolute Gasteiger partial charge is 0.0625 e. The van der Waals surface area contributed by atoms with Gasteiger partial charge in [0.2, 0.25) is 0 Å². The highest BCUT2D eigenvalue weighted by Crippen LogP contribution is 2.33. The molecule has 1 rings (SSSR count). The third-order valence-electron chi connectivity index (χ3n) is 4.05. The van der Waals surface area contributed by atoms with E-state index in [2.05, 4.69) is 33.0 Å². The molecule has 2 nitrogen and oxygen atoms in total. The summed E-state index contributed by atoms with van der Waals surface area (Å²) >= 11 is 0. The van der Waals surface area contributed by atoms with Crippen LogP contribution in [0.15, 0.2) is 0 Å². The first-order valence-corrected chi connectivity index (χ1v) is 7.52. The molecule has 1 N–H and O–H groups in total. The Labute approximate surface area is 108 Å². The second kappa shape index (κ2) is 8.10. The zero-order valence-electron chi connectivity index (χ0n) is 12.2. The van der Waals surface area contributed by atoms with E-state index in [9.17, 15) is 0 Å². The van der Waals surface area contributed by atoms with Crippen molar-refractivity contribution in [1.82, 2.24) is 5.32 Å². The summed E-state index contributed by atoms with van der Waals surface area (Å²) in [5.74, 6) is 1.78. The lowest BCUT2D eigenvalue weighted by molar-refractivity contribution is 0.0391. The van der Waals surface area contributed by atoms with Crippen LogP contribution in [0.3, 0.4) is 0 Å². The first kappa shape index (κ1) is 15.0. The molecule has 3 unspecified atom stereocenters. The quantitative estimate of drug-likeness (QED) is 0.735. The van der Waals surface area contributed by atoms with Gasteiger partial charge in [0.15, 0.2) is 0 Å². The Hall–Kier alpha value is -0.0800. The van der Waals surface area contributed by atoms with Gasteiger partial charge in [0.1, 0.15) is 0 Å². The van der Waals surface area contributed by atoms with Crippen LogP contribution in [0.5, 0.6) is 0 Å². The van der Waals surface area contributed by atoms with Crippen molar-refractivity contribution in [2.45, 2.75) is 71.9 Å². The molecule has 0 saturated heterocycles. The van der Waals surface area contributed by atoms with Crippen LogP contribution in [0.1, 0.15) is 59.8 Å². The zero-order valence-corrected chi connectivity index (χ0v) is 12.2. The molecule has 1 aliphatic rings. The van der Waals surface area contributed by atoms with E-state index in [1.54, 1.807) is 0 Å². The van der Waals surface area contributed by atoms with Crippen molar-refractivity contribution in [1.29, 1.82) is 0 Å². The maximum Gasteiger partial charge on any atom is 0.0625 e. The van der Waals surface area contributed by atoms with Gasteiger partial charge in [-0.05, 0) is 45.1 Å². The Bertz CT molecular complexity index is 193. The standard InChI is InChI=1S/C15H31NO/c1-5-13-8-7-9-14(10-13)15(16-6-2)11-17-12(3)4/h12-16H,5-11H2,1-4H3. The van der Waals surface area contributed by atoms with Crippen molar-refractivity contribution in [3.63, 3.8) is 0 Å². The first-order valence-electron chi connectivity index (χ1n) is 7.52. The second-order valence-electron chi connectivity index (χ2n) is 5.75. The molecule has 0 spiro atoms. The van der Waals surface area contributed by atoms with Crippen LogP contribution in [0.25, 0.3) is 0 Å². The Kier molecular flexibility index (Phi) is 7.14. The molecular weight excluding hydrogens is 210 g/mol. The molecule has 0 aromatic heterocycles. The Balaban J connectivity index is 2.44. The van der Waals surface area contributed by atoms with Crippen molar-refractivity contribution in [2.75, 3.05) is 13.2 Å². The summed E-state index contributed by atoms with van der Waals surface area (Å²) in [6, 6.07) is 0.566. The molecular formula is C15H31NO. The van der Waals surface area contributed by atoms with Gasteiger partial charge in [0.05, 0.1) is 12.7 Å². The SMILES string of the molecule is CCNC(COC(C)C)C1CCCC(CC)C1. The normalized spacial score (nSPS) is 27.4. The molecule has 0 heterocycles. The predicted octanol–water partition coefficient (Wildman–Crippen LogP) is 3.61. The Morgan fingerprint density at radius 2 is 2.00 bits per heavy atom. The maximum atomic E-state index is 5.82. The molecule has 0 radical (unpaired) electrons. The van der Waals surface area contributed by atoms with Crippen LogP contribution in [0, 0.1) is 11.8 Å². The lowest BCUT2D eigenvalue weighted by Crippen LogP contribution is -2.42. The van der Waals surface area contributed by atoms with Crippen molar-refractivity contribution in [3.05, 3.63) is 0 Å². The van der Waals surface area contributed by atoms with E-state index in [0.717, 1.165) is 25.0 Å². The van der Waals surface area contributed by atoms with Crippen LogP contribution < -0.4 is 5.32 Å². The highest BCUT2D eigenvalue weighted by Gasteiger charge is 2.27. The van der Waals surface area contributed by atoms with E-state index in [0.29, 0.717) is 12.1 Å². The topological polar surface area (TPSA) is 21.3 Å². The average Bonchev–Trinajstić information content (AvgIpc) is 2.34. The monoisotopic (exact) mass is 241 g/mol. The fraction of sp³-hybridized carbons (Fsp3) is 1.00. The molecule has 0 amide bonds. The summed E-state index contributed by atoms with van der Waals surface area (Å²) in [4.78, 5) is 0. The van der Waals surface area contributed by atoms with Gasteiger partial charge in [-0.3, -0.25) is 0 Å². The van der Waals surface area contributed by atoms with Crippen LogP contribution >= 0.6 is 0 Å². The largest absolute Gasteiger partial charge is 0.377 e. The van der Waals surface area contributed by atoms with E-state index in [1.807, 2.05) is 0 Å². The molecule has 0 bridgehead atoms. The summed E-state index contributed by atoms with van der Waals surface area (Å²) in [7, 11) is 0. The maximum absolute atomic E-state index is 5.82. The van der Waals surface area contributed by atoms with E-state index in [1.165, 1.54) is 32.1 Å². The number of nitrogens with one attached hydrogen (secondary N) is 1. The average molecular weight is 241 g/mol. The highest BCUT2D eigenvalue weighted by molar-refractivity contribution is 4.82. The van der Waals surface area contributed by atoms with Crippen LogP contribution in [-0.4, -0.2) is 25.3 Å². The molecule has 3 atom stereocenters. The van der Waals surface area contributed by atoms with Gasteiger partial charge in [0, 0.05) is 6.04 Å². The van der Waals surface area contributed by atoms with E-state index >= 15 is 0 Å². The minimum absolute atomic E-state index is 0.349. The lowest BCUT2D eigenvalue weighted by Gasteiger charge is -2.35. The minimum Gasteiger partial charge on any atom is -0.377 e. The molecule has 2 heteroatoms. The molecule has 1 aliphatic carbocycles. The van der Waals surface area contributed by atoms with Gasteiger partial charge < -0.3 is 10.1 Å². The van der Waals surface area contributed by atoms with Gasteiger partial charge in [-0.1, -0.05) is 33.1 Å². The highest BCUT2D eigenvalue weighted by atomic mass is 16.5. The van der Waals surface area contributed by atoms with Crippen molar-refractivity contribution in [2.24, 2.45) is 11.8 Å². The van der Waals surface area contributed by atoms with E-state index in [-0.39, 0.29) is 0 Å². The van der Waals surface area contributed by atoms with Crippen molar-refractivity contribution in [3.8, 4) is 0 Å². The van der Waals surface area contributed by atoms with Gasteiger partial charge in [0.25, 0.3) is 0 Å². The van der Waals surface area contributed by atoms with Crippen LogP contribution in [0.4, 0.5) is 0 Å². The first-order chi connectivity index (χ1) is 8.17. The van der Waals surface area contributed by atoms with Crippen molar-refractivity contribution >= 4 is 0 Å². The number of rotatable bonds is 7. The van der Waals surface area contributed by atoms with Gasteiger partial charge in [-0.15, -0.1) is 0 Å². The Morgan fingerprint density at radius 1 is 1.24 bits per heavy atom. The molecule has 0 aromatic carbocycles. The molecule has 102 valence electrons. The Morgan fingerprint density at radius 3 is 2.59 bits per heavy atom. The van der Waals surface area contributed by atoms with Gasteiger partial charge >= 0.3 is 0 Å². The number of hydrogen-bond donors (Lipinski definition) is 1. The molecule has 0 aromatic rings. The lowest BCUT2D eigenvalue weighted by atomic mass is 9.77. The second-order valence-corrected chi connectivity index (χ2v) is 5.75. The molecule has 1 fully saturated rings.